The zero-order chi connectivity index (χ0) is 29.9. The Morgan fingerprint density at radius 3 is 1.88 bits per heavy atom. The number of phosphoric acid groups is 1. The van der Waals surface area contributed by atoms with Gasteiger partial charge in [-0.15, -0.1) is 0 Å². The van der Waals surface area contributed by atoms with Crippen LogP contribution in [-0.4, -0.2) is 65.7 Å². The van der Waals surface area contributed by atoms with Crippen LogP contribution in [0.25, 0.3) is 0 Å². The van der Waals surface area contributed by atoms with Crippen molar-refractivity contribution >= 4 is 19.8 Å². The summed E-state index contributed by atoms with van der Waals surface area (Å²) in [5.41, 5.74) is 0. The molecule has 0 aromatic carbocycles. The smallest absolute Gasteiger partial charge is 0.462 e. The Labute approximate surface area is 241 Å². The number of aliphatic hydroxyl groups excluding tert-OH is 2. The zero-order valence-corrected chi connectivity index (χ0v) is 25.7. The molecule has 10 nitrogen and oxygen atoms in total. The van der Waals surface area contributed by atoms with Crippen LogP contribution >= 0.6 is 7.82 Å². The highest BCUT2D eigenvalue weighted by Crippen LogP contribution is 2.43. The third-order valence-corrected chi connectivity index (χ3v) is 7.22. The summed E-state index contributed by atoms with van der Waals surface area (Å²) in [6.07, 6.45) is 18.1. The van der Waals surface area contributed by atoms with E-state index in [0.717, 1.165) is 44.9 Å². The van der Waals surface area contributed by atoms with Gasteiger partial charge in [0.1, 0.15) is 12.7 Å². The van der Waals surface area contributed by atoms with E-state index in [2.05, 4.69) is 23.6 Å². The van der Waals surface area contributed by atoms with Gasteiger partial charge in [-0.05, 0) is 32.6 Å². The Hall–Kier alpha value is -1.29. The molecule has 3 N–H and O–H groups in total. The maximum Gasteiger partial charge on any atom is 0.472 e. The van der Waals surface area contributed by atoms with Crippen molar-refractivity contribution in [2.75, 3.05) is 26.4 Å². The molecule has 0 spiro atoms. The molecule has 0 aliphatic carbocycles. The maximum absolute atomic E-state index is 12.4. The first-order valence-corrected chi connectivity index (χ1v) is 16.6. The SMILES string of the molecule is C/C=C\CCCCCCCCCC(=O)O[C@H](COC(=O)CCCCCCCCC)COP(=O)(O)OC[C@@H](O)CO. The van der Waals surface area contributed by atoms with Crippen molar-refractivity contribution in [3.8, 4) is 0 Å². The number of unbranched alkanes of at least 4 members (excludes halogenated alkanes) is 13. The number of carbonyl (C=O) groups excluding carboxylic acids is 2. The molecule has 0 amide bonds. The Kier molecular flexibility index (Phi) is 25.7. The quantitative estimate of drug-likeness (QED) is 0.0416. The number of ether oxygens (including phenoxy) is 2. The standard InChI is InChI=1S/C29H55O10P/c1-3-5-7-9-11-12-13-15-17-19-21-29(33)39-27(25-38-40(34,35)37-23-26(31)22-30)24-36-28(32)20-18-16-14-10-8-6-4-2/h3,5,26-27,30-31H,4,6-25H2,1-2H3,(H,34,35)/b5-3-/t26-,27+/m0/s1. The summed E-state index contributed by atoms with van der Waals surface area (Å²) in [6, 6.07) is 0. The van der Waals surface area contributed by atoms with Crippen LogP contribution in [-0.2, 0) is 32.7 Å². The van der Waals surface area contributed by atoms with Crippen molar-refractivity contribution in [3.63, 3.8) is 0 Å². The Balaban J connectivity index is 4.49. The molecule has 0 saturated carbocycles. The fourth-order valence-corrected chi connectivity index (χ4v) is 4.66. The number of hydrogen-bond donors (Lipinski definition) is 3. The highest BCUT2D eigenvalue weighted by Gasteiger charge is 2.27. The van der Waals surface area contributed by atoms with E-state index in [9.17, 15) is 24.2 Å². The molecule has 0 bridgehead atoms. The molecule has 1 unspecified atom stereocenters. The van der Waals surface area contributed by atoms with E-state index in [1.807, 2.05) is 6.92 Å². The summed E-state index contributed by atoms with van der Waals surface area (Å²) in [5, 5.41) is 18.1. The van der Waals surface area contributed by atoms with Crippen LogP contribution in [0.5, 0.6) is 0 Å². The minimum Gasteiger partial charge on any atom is -0.462 e. The van der Waals surface area contributed by atoms with Gasteiger partial charge in [0.2, 0.25) is 0 Å². The largest absolute Gasteiger partial charge is 0.472 e. The normalized spacial score (nSPS) is 14.6. The molecule has 0 aromatic rings. The molecule has 3 atom stereocenters. The minimum atomic E-state index is -4.59. The first kappa shape index (κ1) is 38.7. The highest BCUT2D eigenvalue weighted by molar-refractivity contribution is 7.47. The molecule has 40 heavy (non-hydrogen) atoms. The second kappa shape index (κ2) is 26.6. The lowest BCUT2D eigenvalue weighted by Gasteiger charge is -2.20. The summed E-state index contributed by atoms with van der Waals surface area (Å²) in [6.45, 7) is 2.08. The van der Waals surface area contributed by atoms with E-state index < -0.39 is 51.8 Å². The van der Waals surface area contributed by atoms with Crippen LogP contribution in [0, 0.1) is 0 Å². The van der Waals surface area contributed by atoms with Crippen molar-refractivity contribution in [2.45, 2.75) is 135 Å². The molecular formula is C29H55O10P. The van der Waals surface area contributed by atoms with Crippen LogP contribution in [0.4, 0.5) is 0 Å². The Morgan fingerprint density at radius 1 is 0.775 bits per heavy atom. The molecule has 236 valence electrons. The van der Waals surface area contributed by atoms with Gasteiger partial charge in [-0.25, -0.2) is 4.57 Å². The predicted molar refractivity (Wildman–Crippen MR) is 155 cm³/mol. The van der Waals surface area contributed by atoms with Gasteiger partial charge in [-0.1, -0.05) is 89.7 Å². The summed E-state index contributed by atoms with van der Waals surface area (Å²) in [5.74, 6) is -0.942. The second-order valence-corrected chi connectivity index (χ2v) is 11.6. The van der Waals surface area contributed by atoms with E-state index in [0.29, 0.717) is 12.8 Å². The van der Waals surface area contributed by atoms with E-state index in [-0.39, 0.29) is 19.4 Å². The molecule has 0 fully saturated rings. The van der Waals surface area contributed by atoms with Crippen LogP contribution in [0.1, 0.15) is 123 Å². The fourth-order valence-electron chi connectivity index (χ4n) is 3.88. The lowest BCUT2D eigenvalue weighted by molar-refractivity contribution is -0.161. The number of esters is 2. The van der Waals surface area contributed by atoms with Crippen LogP contribution in [0.3, 0.4) is 0 Å². The van der Waals surface area contributed by atoms with E-state index in [1.54, 1.807) is 0 Å². The number of hydrogen-bond acceptors (Lipinski definition) is 9. The first-order chi connectivity index (χ1) is 19.2. The monoisotopic (exact) mass is 594 g/mol. The average molecular weight is 595 g/mol. The van der Waals surface area contributed by atoms with Gasteiger partial charge in [0, 0.05) is 12.8 Å². The minimum absolute atomic E-state index is 0.180. The van der Waals surface area contributed by atoms with Crippen molar-refractivity contribution in [1.82, 2.24) is 0 Å². The van der Waals surface area contributed by atoms with Crippen LogP contribution in [0.2, 0.25) is 0 Å². The van der Waals surface area contributed by atoms with Crippen LogP contribution < -0.4 is 0 Å². The molecule has 0 rings (SSSR count). The van der Waals surface area contributed by atoms with Crippen LogP contribution in [0.15, 0.2) is 12.2 Å². The first-order valence-electron chi connectivity index (χ1n) is 15.1. The van der Waals surface area contributed by atoms with Gasteiger partial charge in [0.05, 0.1) is 19.8 Å². The number of aliphatic hydroxyl groups is 2. The number of phosphoric ester groups is 1. The van der Waals surface area contributed by atoms with Gasteiger partial charge in [0.15, 0.2) is 6.10 Å². The molecule has 0 aromatic heterocycles. The third-order valence-electron chi connectivity index (χ3n) is 6.26. The van der Waals surface area contributed by atoms with Gasteiger partial charge < -0.3 is 24.6 Å². The zero-order valence-electron chi connectivity index (χ0n) is 24.8. The number of allylic oxidation sites excluding steroid dienone is 2. The molecule has 0 aliphatic heterocycles. The van der Waals surface area contributed by atoms with E-state index in [4.69, 9.17) is 19.1 Å². The van der Waals surface area contributed by atoms with Gasteiger partial charge in [-0.3, -0.25) is 18.6 Å². The second-order valence-electron chi connectivity index (χ2n) is 10.1. The fraction of sp³-hybridized carbons (Fsp3) is 0.862. The van der Waals surface area contributed by atoms with Gasteiger partial charge in [-0.2, -0.15) is 0 Å². The van der Waals surface area contributed by atoms with Crippen molar-refractivity contribution < 1.29 is 47.8 Å². The maximum atomic E-state index is 12.4. The third kappa shape index (κ3) is 25.7. The van der Waals surface area contributed by atoms with Crippen molar-refractivity contribution in [3.05, 3.63) is 12.2 Å². The molecule has 0 saturated heterocycles. The molecule has 0 heterocycles. The lowest BCUT2D eigenvalue weighted by Crippen LogP contribution is -2.29. The summed E-state index contributed by atoms with van der Waals surface area (Å²) in [7, 11) is -4.59. The highest BCUT2D eigenvalue weighted by atomic mass is 31.2. The van der Waals surface area contributed by atoms with Gasteiger partial charge >= 0.3 is 19.8 Å². The van der Waals surface area contributed by atoms with E-state index >= 15 is 0 Å². The molecule has 11 heteroatoms. The number of rotatable bonds is 28. The number of carbonyl (C=O) groups is 2. The van der Waals surface area contributed by atoms with Crippen molar-refractivity contribution in [2.24, 2.45) is 0 Å². The Bertz CT molecular complexity index is 700. The summed E-state index contributed by atoms with van der Waals surface area (Å²) >= 11 is 0. The lowest BCUT2D eigenvalue weighted by atomic mass is 10.1. The van der Waals surface area contributed by atoms with Crippen molar-refractivity contribution in [1.29, 1.82) is 0 Å². The average Bonchev–Trinajstić information content (AvgIpc) is 2.93. The Morgan fingerprint density at radius 2 is 1.30 bits per heavy atom. The predicted octanol–water partition coefficient (Wildman–Crippen LogP) is 6.16. The summed E-state index contributed by atoms with van der Waals surface area (Å²) < 4.78 is 32.2. The molecular weight excluding hydrogens is 539 g/mol. The summed E-state index contributed by atoms with van der Waals surface area (Å²) in [4.78, 5) is 34.4. The van der Waals surface area contributed by atoms with Gasteiger partial charge in [0.25, 0.3) is 0 Å². The molecule has 0 radical (unpaired) electrons. The molecule has 0 aliphatic rings. The van der Waals surface area contributed by atoms with E-state index in [1.165, 1.54) is 38.5 Å². The topological polar surface area (TPSA) is 149 Å².